The minimum absolute atomic E-state index is 0.0775. The molecule has 0 aromatic carbocycles. The third-order valence-electron chi connectivity index (χ3n) is 3.54. The summed E-state index contributed by atoms with van der Waals surface area (Å²) in [5, 5.41) is 2.98. The topological polar surface area (TPSA) is 44.8 Å². The molecule has 0 saturated carbocycles. The van der Waals surface area contributed by atoms with E-state index in [0.717, 1.165) is 52.4 Å². The van der Waals surface area contributed by atoms with Crippen molar-refractivity contribution in [3.63, 3.8) is 0 Å². The lowest BCUT2D eigenvalue weighted by molar-refractivity contribution is -0.124. The van der Waals surface area contributed by atoms with E-state index in [2.05, 4.69) is 15.1 Å². The quantitative estimate of drug-likeness (QED) is 0.728. The van der Waals surface area contributed by atoms with Gasteiger partial charge in [-0.1, -0.05) is 13.8 Å². The number of hydrogen-bond acceptors (Lipinski definition) is 4. The minimum atomic E-state index is 0.0775. The Morgan fingerprint density at radius 1 is 1.16 bits per heavy atom. The van der Waals surface area contributed by atoms with E-state index in [0.29, 0.717) is 0 Å². The fourth-order valence-corrected chi connectivity index (χ4v) is 2.23. The summed E-state index contributed by atoms with van der Waals surface area (Å²) in [5.41, 5.74) is 0. The third-order valence-corrected chi connectivity index (χ3v) is 3.54. The maximum absolute atomic E-state index is 11.5. The lowest BCUT2D eigenvalue weighted by Crippen LogP contribution is -2.38. The van der Waals surface area contributed by atoms with Crippen LogP contribution in [0.15, 0.2) is 0 Å². The third kappa shape index (κ3) is 6.89. The molecule has 1 saturated heterocycles. The summed E-state index contributed by atoms with van der Waals surface area (Å²) in [7, 11) is 1.75. The first-order valence-electron chi connectivity index (χ1n) is 7.35. The van der Waals surface area contributed by atoms with Crippen LogP contribution in [0.1, 0.15) is 20.3 Å². The van der Waals surface area contributed by atoms with Crippen LogP contribution in [-0.2, 0) is 9.53 Å². The van der Waals surface area contributed by atoms with Crippen LogP contribution in [0.2, 0.25) is 0 Å². The highest BCUT2D eigenvalue weighted by atomic mass is 16.5. The van der Waals surface area contributed by atoms with Crippen LogP contribution in [0, 0.1) is 5.92 Å². The summed E-state index contributed by atoms with van der Waals surface area (Å²) in [4.78, 5) is 16.4. The molecular formula is C14H29N3O2. The largest absolute Gasteiger partial charge is 0.383 e. The van der Waals surface area contributed by atoms with E-state index in [1.54, 1.807) is 7.11 Å². The van der Waals surface area contributed by atoms with Gasteiger partial charge >= 0.3 is 0 Å². The fraction of sp³-hybridized carbons (Fsp3) is 0.929. The van der Waals surface area contributed by atoms with Gasteiger partial charge in [-0.25, -0.2) is 0 Å². The van der Waals surface area contributed by atoms with Crippen LogP contribution in [-0.4, -0.2) is 75.2 Å². The second-order valence-corrected chi connectivity index (χ2v) is 5.48. The maximum Gasteiger partial charge on any atom is 0.222 e. The molecule has 1 rings (SSSR count). The zero-order valence-corrected chi connectivity index (χ0v) is 12.7. The Hall–Kier alpha value is -0.650. The van der Waals surface area contributed by atoms with Gasteiger partial charge in [0.05, 0.1) is 6.61 Å². The molecule has 1 N–H and O–H groups in total. The highest BCUT2D eigenvalue weighted by molar-refractivity contribution is 5.77. The smallest absolute Gasteiger partial charge is 0.222 e. The highest BCUT2D eigenvalue weighted by Gasteiger charge is 2.14. The normalized spacial score (nSPS) is 18.5. The number of hydrogen-bond donors (Lipinski definition) is 1. The van der Waals surface area contributed by atoms with Gasteiger partial charge in [-0.15, -0.1) is 0 Å². The first kappa shape index (κ1) is 16.4. The predicted octanol–water partition coefficient (Wildman–Crippen LogP) is 0.413. The van der Waals surface area contributed by atoms with Crippen LogP contribution in [0.3, 0.4) is 0 Å². The van der Waals surface area contributed by atoms with E-state index < -0.39 is 0 Å². The Bertz CT molecular complexity index is 259. The summed E-state index contributed by atoms with van der Waals surface area (Å²) in [6.45, 7) is 11.9. The number of ether oxygens (including phenoxy) is 1. The van der Waals surface area contributed by atoms with Crippen LogP contribution < -0.4 is 5.32 Å². The molecular weight excluding hydrogens is 242 g/mol. The van der Waals surface area contributed by atoms with Gasteiger partial charge in [-0.3, -0.25) is 9.69 Å². The molecule has 1 aliphatic heterocycles. The van der Waals surface area contributed by atoms with Crippen LogP contribution in [0.25, 0.3) is 0 Å². The van der Waals surface area contributed by atoms with Gasteiger partial charge in [-0.2, -0.15) is 0 Å². The number of carbonyl (C=O) groups excluding carboxylic acids is 1. The molecule has 5 nitrogen and oxygen atoms in total. The molecule has 1 aliphatic rings. The maximum atomic E-state index is 11.5. The Morgan fingerprint density at radius 3 is 2.37 bits per heavy atom. The van der Waals surface area contributed by atoms with Crippen molar-refractivity contribution >= 4 is 5.91 Å². The molecule has 0 spiro atoms. The standard InChI is InChI=1S/C14H29N3O2/c1-13(2)14(18)15-5-8-16-6-4-7-17(10-9-16)11-12-19-3/h13H,4-12H2,1-3H3,(H,15,18). The van der Waals surface area contributed by atoms with E-state index >= 15 is 0 Å². The van der Waals surface area contributed by atoms with Gasteiger partial charge < -0.3 is 15.0 Å². The second kappa shape index (κ2) is 9.28. The average Bonchev–Trinajstić information content (AvgIpc) is 2.61. The molecule has 19 heavy (non-hydrogen) atoms. The molecule has 5 heteroatoms. The van der Waals surface area contributed by atoms with E-state index in [4.69, 9.17) is 4.74 Å². The molecule has 0 atom stereocenters. The van der Waals surface area contributed by atoms with Gasteiger partial charge in [0.15, 0.2) is 0 Å². The van der Waals surface area contributed by atoms with Crippen molar-refractivity contribution in [3.8, 4) is 0 Å². The van der Waals surface area contributed by atoms with Crippen molar-refractivity contribution in [2.24, 2.45) is 5.92 Å². The SMILES string of the molecule is COCCN1CCCN(CCNC(=O)C(C)C)CC1. The Balaban J connectivity index is 2.16. The van der Waals surface area contributed by atoms with Gasteiger partial charge in [0.1, 0.15) is 0 Å². The number of carbonyl (C=O) groups is 1. The number of amides is 1. The number of nitrogens with zero attached hydrogens (tertiary/aromatic N) is 2. The van der Waals surface area contributed by atoms with Gasteiger partial charge in [0.2, 0.25) is 5.91 Å². The lowest BCUT2D eigenvalue weighted by Gasteiger charge is -2.21. The van der Waals surface area contributed by atoms with Crippen LogP contribution >= 0.6 is 0 Å². The lowest BCUT2D eigenvalue weighted by atomic mass is 10.2. The Kier molecular flexibility index (Phi) is 8.02. The van der Waals surface area contributed by atoms with Crippen LogP contribution in [0.4, 0.5) is 0 Å². The number of nitrogens with one attached hydrogen (secondary N) is 1. The minimum Gasteiger partial charge on any atom is -0.383 e. The van der Waals surface area contributed by atoms with Crippen molar-refractivity contribution in [1.82, 2.24) is 15.1 Å². The molecule has 0 radical (unpaired) electrons. The average molecular weight is 271 g/mol. The summed E-state index contributed by atoms with van der Waals surface area (Å²) in [5.74, 6) is 0.227. The fourth-order valence-electron chi connectivity index (χ4n) is 2.23. The van der Waals surface area contributed by atoms with Gasteiger partial charge in [-0.05, 0) is 19.5 Å². The molecule has 1 amide bonds. The molecule has 1 heterocycles. The molecule has 112 valence electrons. The molecule has 0 unspecified atom stereocenters. The van der Waals surface area contributed by atoms with Crippen molar-refractivity contribution in [3.05, 3.63) is 0 Å². The number of methoxy groups -OCH3 is 1. The van der Waals surface area contributed by atoms with E-state index in [1.165, 1.54) is 6.42 Å². The van der Waals surface area contributed by atoms with Gasteiger partial charge in [0.25, 0.3) is 0 Å². The highest BCUT2D eigenvalue weighted by Crippen LogP contribution is 2.02. The summed E-state index contributed by atoms with van der Waals surface area (Å²) < 4.78 is 5.12. The summed E-state index contributed by atoms with van der Waals surface area (Å²) >= 11 is 0. The molecule has 0 aliphatic carbocycles. The molecule has 1 fully saturated rings. The number of rotatable bonds is 7. The van der Waals surface area contributed by atoms with Crippen molar-refractivity contribution in [2.75, 3.05) is 59.5 Å². The molecule has 0 aromatic rings. The van der Waals surface area contributed by atoms with E-state index in [1.807, 2.05) is 13.8 Å². The monoisotopic (exact) mass is 271 g/mol. The molecule has 0 aromatic heterocycles. The summed E-state index contributed by atoms with van der Waals surface area (Å²) in [6, 6.07) is 0. The second-order valence-electron chi connectivity index (χ2n) is 5.48. The Labute approximate surface area is 117 Å². The van der Waals surface area contributed by atoms with Crippen molar-refractivity contribution in [2.45, 2.75) is 20.3 Å². The van der Waals surface area contributed by atoms with E-state index in [9.17, 15) is 4.79 Å². The van der Waals surface area contributed by atoms with E-state index in [-0.39, 0.29) is 11.8 Å². The molecule has 0 bridgehead atoms. The van der Waals surface area contributed by atoms with Crippen molar-refractivity contribution < 1.29 is 9.53 Å². The van der Waals surface area contributed by atoms with Crippen LogP contribution in [0.5, 0.6) is 0 Å². The van der Waals surface area contributed by atoms with Crippen molar-refractivity contribution in [1.29, 1.82) is 0 Å². The zero-order chi connectivity index (χ0) is 14.1. The first-order chi connectivity index (χ1) is 9.13. The van der Waals surface area contributed by atoms with Gasteiger partial charge in [0, 0.05) is 45.8 Å². The predicted molar refractivity (Wildman–Crippen MR) is 77.2 cm³/mol. The summed E-state index contributed by atoms with van der Waals surface area (Å²) in [6.07, 6.45) is 1.20. The zero-order valence-electron chi connectivity index (χ0n) is 12.7. The first-order valence-corrected chi connectivity index (χ1v) is 7.35. The Morgan fingerprint density at radius 2 is 1.79 bits per heavy atom.